The van der Waals surface area contributed by atoms with Crippen LogP contribution in [0.15, 0.2) is 0 Å². The summed E-state index contributed by atoms with van der Waals surface area (Å²) in [5.74, 6) is 0.669. The normalized spacial score (nSPS) is 9.12. The van der Waals surface area contributed by atoms with E-state index in [1.54, 1.807) is 0 Å². The summed E-state index contributed by atoms with van der Waals surface area (Å²) in [6.45, 7) is 0. The van der Waals surface area contributed by atoms with Gasteiger partial charge in [0.1, 0.15) is 0 Å². The van der Waals surface area contributed by atoms with E-state index in [-0.39, 0.29) is 5.97 Å². The molecule has 2 nitrogen and oxygen atoms in total. The summed E-state index contributed by atoms with van der Waals surface area (Å²) in [7, 11) is 0.515. The fourth-order valence-corrected chi connectivity index (χ4v) is 0.688. The van der Waals surface area contributed by atoms with Crippen LogP contribution in [0.3, 0.4) is 0 Å². The van der Waals surface area contributed by atoms with Gasteiger partial charge < -0.3 is 4.43 Å². The molecule has 0 fully saturated rings. The molecule has 0 atom stereocenters. The van der Waals surface area contributed by atoms with Gasteiger partial charge in [0.25, 0.3) is 5.97 Å². The summed E-state index contributed by atoms with van der Waals surface area (Å²) in [5, 5.41) is 0. The summed E-state index contributed by atoms with van der Waals surface area (Å²) in [6, 6.07) is 0. The third-order valence-corrected chi connectivity index (χ3v) is 1.54. The van der Waals surface area contributed by atoms with Crippen molar-refractivity contribution in [1.29, 1.82) is 0 Å². The highest BCUT2D eigenvalue weighted by Crippen LogP contribution is 1.91. The molecule has 0 saturated heterocycles. The third kappa shape index (κ3) is 4.20. The van der Waals surface area contributed by atoms with E-state index in [2.05, 4.69) is 17.1 Å². The summed E-state index contributed by atoms with van der Waals surface area (Å²) in [4.78, 5) is 10.3. The summed E-state index contributed by atoms with van der Waals surface area (Å²) < 4.78 is 4.52. The average molecular weight is 150 g/mol. The average Bonchev–Trinajstić information content (AvgIpc) is 1.83. The topological polar surface area (TPSA) is 26.3 Å². The Bertz CT molecular complexity index is 76.4. The first-order valence-corrected chi connectivity index (χ1v) is 3.94. The smallest absolute Gasteiger partial charge is 0.291 e. The lowest BCUT2D eigenvalue weighted by molar-refractivity contribution is -0.134. The molecule has 0 aromatic rings. The van der Waals surface area contributed by atoms with Crippen LogP contribution in [0.5, 0.6) is 0 Å². The molecule has 0 saturated carbocycles. The van der Waals surface area contributed by atoms with Crippen molar-refractivity contribution in [2.45, 2.75) is 12.8 Å². The van der Waals surface area contributed by atoms with Crippen molar-refractivity contribution in [3.63, 3.8) is 0 Å². The molecule has 0 aromatic heterocycles. The summed E-state index contributed by atoms with van der Waals surface area (Å²) in [5.41, 5.74) is 0. The Kier molecular flexibility index (Phi) is 5.20. The molecule has 48 valence electrons. The molecule has 0 aromatic carbocycles. The molecule has 0 aliphatic carbocycles. The number of hydrogen-bond acceptors (Lipinski definition) is 3. The van der Waals surface area contributed by atoms with E-state index in [1.807, 2.05) is 0 Å². The number of carbonyl (C=O) groups is 1. The Hall–Kier alpha value is 0.0369. The molecule has 0 rings (SSSR count). The Morgan fingerprint density at radius 1 is 1.75 bits per heavy atom. The van der Waals surface area contributed by atoms with Crippen LogP contribution in [0, 0.1) is 0 Å². The first kappa shape index (κ1) is 8.04. The number of rotatable bonds is 3. The van der Waals surface area contributed by atoms with E-state index in [1.165, 1.54) is 0 Å². The van der Waals surface area contributed by atoms with Gasteiger partial charge >= 0.3 is 0 Å². The van der Waals surface area contributed by atoms with Crippen LogP contribution < -0.4 is 0 Å². The van der Waals surface area contributed by atoms with Gasteiger partial charge in [0, 0.05) is 6.42 Å². The SMILES string of the molecule is O=C(CCCS)O[SiH3]. The van der Waals surface area contributed by atoms with Gasteiger partial charge in [-0.3, -0.25) is 4.79 Å². The van der Waals surface area contributed by atoms with E-state index in [0.29, 0.717) is 16.9 Å². The van der Waals surface area contributed by atoms with E-state index in [9.17, 15) is 4.79 Å². The number of carbonyl (C=O) groups excluding carboxylic acids is 1. The molecular weight excluding hydrogens is 140 g/mol. The van der Waals surface area contributed by atoms with E-state index in [0.717, 1.165) is 12.2 Å². The molecule has 0 unspecified atom stereocenters. The van der Waals surface area contributed by atoms with Gasteiger partial charge in [-0.15, -0.1) is 0 Å². The third-order valence-electron chi connectivity index (χ3n) is 0.767. The molecule has 4 heteroatoms. The first-order chi connectivity index (χ1) is 3.81. The Morgan fingerprint density at radius 2 is 2.38 bits per heavy atom. The molecule has 8 heavy (non-hydrogen) atoms. The maximum absolute atomic E-state index is 10.3. The van der Waals surface area contributed by atoms with Gasteiger partial charge in [0.15, 0.2) is 0 Å². The van der Waals surface area contributed by atoms with Crippen LogP contribution in [0.4, 0.5) is 0 Å². The lowest BCUT2D eigenvalue weighted by Crippen LogP contribution is -2.00. The second-order valence-corrected chi connectivity index (χ2v) is 2.26. The van der Waals surface area contributed by atoms with E-state index in [4.69, 9.17) is 0 Å². The lowest BCUT2D eigenvalue weighted by Gasteiger charge is -1.94. The van der Waals surface area contributed by atoms with Gasteiger partial charge in [0.2, 0.25) is 10.5 Å². The van der Waals surface area contributed by atoms with Crippen LogP contribution in [-0.4, -0.2) is 22.2 Å². The van der Waals surface area contributed by atoms with Crippen LogP contribution >= 0.6 is 12.6 Å². The van der Waals surface area contributed by atoms with E-state index < -0.39 is 0 Å². The van der Waals surface area contributed by atoms with Crippen LogP contribution in [0.25, 0.3) is 0 Å². The molecule has 0 amide bonds. The first-order valence-electron chi connectivity index (χ1n) is 2.49. The van der Waals surface area contributed by atoms with Crippen molar-refractivity contribution in [1.82, 2.24) is 0 Å². The van der Waals surface area contributed by atoms with Crippen LogP contribution in [-0.2, 0) is 9.22 Å². The van der Waals surface area contributed by atoms with Crippen molar-refractivity contribution in [2.75, 3.05) is 5.75 Å². The zero-order valence-corrected chi connectivity index (χ0v) is 7.78. The minimum Gasteiger partial charge on any atom is -0.529 e. The predicted molar refractivity (Wildman–Crippen MR) is 39.1 cm³/mol. The highest BCUT2D eigenvalue weighted by molar-refractivity contribution is 7.80. The Balaban J connectivity index is 2.99. The highest BCUT2D eigenvalue weighted by atomic mass is 32.1. The summed E-state index contributed by atoms with van der Waals surface area (Å²) in [6.07, 6.45) is 1.34. The quantitative estimate of drug-likeness (QED) is 0.434. The Morgan fingerprint density at radius 3 is 2.75 bits per heavy atom. The molecule has 0 heterocycles. The minimum absolute atomic E-state index is 0.0919. The fraction of sp³-hybridized carbons (Fsp3) is 0.750. The number of thiol groups is 1. The molecule has 0 radical (unpaired) electrons. The zero-order chi connectivity index (χ0) is 6.41. The predicted octanol–water partition coefficient (Wildman–Crippen LogP) is -0.480. The van der Waals surface area contributed by atoms with Gasteiger partial charge in [-0.05, 0) is 12.2 Å². The maximum Gasteiger partial charge on any atom is 0.291 e. The van der Waals surface area contributed by atoms with Crippen LogP contribution in [0.1, 0.15) is 12.8 Å². The van der Waals surface area contributed by atoms with Crippen molar-refractivity contribution in [3.8, 4) is 0 Å². The Labute approximate surface area is 57.6 Å². The monoisotopic (exact) mass is 150 g/mol. The summed E-state index contributed by atoms with van der Waals surface area (Å²) >= 11 is 3.94. The second kappa shape index (κ2) is 5.18. The molecule has 0 N–H and O–H groups in total. The van der Waals surface area contributed by atoms with Crippen molar-refractivity contribution in [3.05, 3.63) is 0 Å². The number of hydrogen-bond donors (Lipinski definition) is 1. The molecular formula is C4H10O2SSi. The van der Waals surface area contributed by atoms with Gasteiger partial charge in [0.05, 0.1) is 0 Å². The molecule has 0 aliphatic heterocycles. The highest BCUT2D eigenvalue weighted by Gasteiger charge is 1.94. The fourth-order valence-electron chi connectivity index (χ4n) is 0.325. The van der Waals surface area contributed by atoms with E-state index >= 15 is 0 Å². The van der Waals surface area contributed by atoms with Gasteiger partial charge in [-0.25, -0.2) is 0 Å². The standard InChI is InChI=1S/C4H10O2SSi/c5-4(6-8)2-1-3-7/h7H,1-3H2,8H3. The molecule has 0 aliphatic rings. The molecule has 0 spiro atoms. The maximum atomic E-state index is 10.3. The van der Waals surface area contributed by atoms with Crippen molar-refractivity contribution in [2.24, 2.45) is 0 Å². The second-order valence-electron chi connectivity index (χ2n) is 1.40. The lowest BCUT2D eigenvalue weighted by atomic mass is 10.3. The van der Waals surface area contributed by atoms with Crippen LogP contribution in [0.2, 0.25) is 0 Å². The van der Waals surface area contributed by atoms with Gasteiger partial charge in [-0.2, -0.15) is 12.6 Å². The van der Waals surface area contributed by atoms with Crippen molar-refractivity contribution < 1.29 is 9.22 Å². The molecule has 0 bridgehead atoms. The minimum atomic E-state index is -0.0919. The largest absolute Gasteiger partial charge is 0.529 e. The van der Waals surface area contributed by atoms with Crippen molar-refractivity contribution >= 4 is 29.1 Å². The zero-order valence-electron chi connectivity index (χ0n) is 4.89. The van der Waals surface area contributed by atoms with Gasteiger partial charge in [-0.1, -0.05) is 0 Å².